The van der Waals surface area contributed by atoms with Crippen LogP contribution >= 0.6 is 11.6 Å². The molecule has 55 heavy (non-hydrogen) atoms. The molecule has 2 aliphatic heterocycles. The van der Waals surface area contributed by atoms with Crippen molar-refractivity contribution in [3.63, 3.8) is 0 Å². The number of benzene rings is 2. The number of halogens is 4. The Labute approximate surface area is 323 Å². The second-order valence-electron chi connectivity index (χ2n) is 15.3. The molecule has 1 spiro atoms. The predicted octanol–water partition coefficient (Wildman–Crippen LogP) is 5.65. The van der Waals surface area contributed by atoms with Crippen molar-refractivity contribution in [2.75, 3.05) is 6.54 Å². The second-order valence-corrected chi connectivity index (χ2v) is 15.8. The Balaban J connectivity index is 1.30. The highest BCUT2D eigenvalue weighted by atomic mass is 35.5. The van der Waals surface area contributed by atoms with Crippen LogP contribution in [0.4, 0.5) is 13.2 Å². The van der Waals surface area contributed by atoms with Crippen LogP contribution in [0.1, 0.15) is 101 Å². The van der Waals surface area contributed by atoms with Crippen LogP contribution in [0.3, 0.4) is 0 Å². The molecule has 4 amide bonds. The van der Waals surface area contributed by atoms with Crippen LogP contribution < -0.4 is 16.0 Å². The maximum Gasteiger partial charge on any atom is 0.416 e. The predicted molar refractivity (Wildman–Crippen MR) is 198 cm³/mol. The molecule has 0 unspecified atom stereocenters. The summed E-state index contributed by atoms with van der Waals surface area (Å²) in [6, 6.07) is 7.79. The fourth-order valence-electron chi connectivity index (χ4n) is 7.92. The summed E-state index contributed by atoms with van der Waals surface area (Å²) in [7, 11) is 0. The van der Waals surface area contributed by atoms with Gasteiger partial charge in [-0.05, 0) is 61.8 Å². The third-order valence-corrected chi connectivity index (χ3v) is 11.1. The van der Waals surface area contributed by atoms with E-state index in [0.29, 0.717) is 22.7 Å². The minimum Gasteiger partial charge on any atom is -0.387 e. The third-order valence-electron chi connectivity index (χ3n) is 10.9. The number of carbonyl (C=O) groups is 5. The molecule has 6 rings (SSSR count). The van der Waals surface area contributed by atoms with Gasteiger partial charge in [0.05, 0.1) is 23.9 Å². The van der Waals surface area contributed by atoms with E-state index in [4.69, 9.17) is 16.4 Å². The number of nitrogens with zero attached hydrogens (tertiary/aromatic N) is 2. The number of hydrogen-bond donors (Lipinski definition) is 3. The summed E-state index contributed by atoms with van der Waals surface area (Å²) in [5.74, 6) is -3.52. The molecule has 0 aromatic heterocycles. The van der Waals surface area contributed by atoms with Gasteiger partial charge in [-0.1, -0.05) is 79.7 Å². The highest BCUT2D eigenvalue weighted by Gasteiger charge is 2.55. The smallest absolute Gasteiger partial charge is 0.387 e. The lowest BCUT2D eigenvalue weighted by Crippen LogP contribution is -2.57. The molecule has 15 heteroatoms. The molecule has 4 atom stereocenters. The maximum absolute atomic E-state index is 14.8. The minimum atomic E-state index is -4.73. The first kappa shape index (κ1) is 40.2. The summed E-state index contributed by atoms with van der Waals surface area (Å²) < 4.78 is 42.6. The Morgan fingerprint density at radius 1 is 0.982 bits per heavy atom. The van der Waals surface area contributed by atoms with Crippen molar-refractivity contribution in [1.82, 2.24) is 20.9 Å². The first-order valence-electron chi connectivity index (χ1n) is 19.2. The Hall–Kier alpha value is -4.46. The zero-order chi connectivity index (χ0) is 39.3. The summed E-state index contributed by atoms with van der Waals surface area (Å²) in [6.07, 6.45) is 1.77. The number of amides is 4. The second kappa shape index (κ2) is 17.1. The first-order valence-corrected chi connectivity index (χ1v) is 19.5. The molecule has 3 fully saturated rings. The van der Waals surface area contributed by atoms with Crippen molar-refractivity contribution in [3.8, 4) is 0 Å². The van der Waals surface area contributed by atoms with Gasteiger partial charge in [-0.2, -0.15) is 13.2 Å². The van der Waals surface area contributed by atoms with Gasteiger partial charge in [0, 0.05) is 42.3 Å². The average Bonchev–Trinajstić information content (AvgIpc) is 3.75. The molecule has 0 bridgehead atoms. The van der Waals surface area contributed by atoms with Crippen molar-refractivity contribution < 1.29 is 42.0 Å². The highest BCUT2D eigenvalue weighted by molar-refractivity contribution is 6.38. The van der Waals surface area contributed by atoms with E-state index in [1.165, 1.54) is 23.1 Å². The number of carbonyl (C=O) groups excluding carboxylic acids is 5. The molecular formula is C40H47ClF3N5O6. The Bertz CT molecular complexity index is 1810. The summed E-state index contributed by atoms with van der Waals surface area (Å²) in [5.41, 5.74) is -1.17. The van der Waals surface area contributed by atoms with Gasteiger partial charge < -0.3 is 25.7 Å². The van der Waals surface area contributed by atoms with Crippen molar-refractivity contribution in [2.24, 2.45) is 11.1 Å². The van der Waals surface area contributed by atoms with E-state index in [-0.39, 0.29) is 49.8 Å². The summed E-state index contributed by atoms with van der Waals surface area (Å²) in [6.45, 7) is 1.61. The number of rotatable bonds is 14. The molecular weight excluding hydrogens is 739 g/mol. The van der Waals surface area contributed by atoms with Crippen LogP contribution in [0.15, 0.2) is 53.7 Å². The van der Waals surface area contributed by atoms with Crippen LogP contribution in [0.2, 0.25) is 5.02 Å². The van der Waals surface area contributed by atoms with Gasteiger partial charge in [0.15, 0.2) is 5.60 Å². The number of nitrogens with one attached hydrogen (secondary N) is 3. The van der Waals surface area contributed by atoms with E-state index < -0.39 is 71.3 Å². The number of Topliss-reactive ketones (excluding diaryl/α,β-unsaturated/α-hetero) is 1. The average molecular weight is 786 g/mol. The SMILES string of the molecule is CCC[C@H](NC(=O)[C@@H]1C[C@]2(CC(c3cccc(Cl)c3)=NO2)CN1C(=O)[C@H](Cc1ccccc1C(F)(F)F)NC(=O)CC1CCCCC1)C(=O)C(=O)NC1CC1. The Morgan fingerprint density at radius 3 is 2.42 bits per heavy atom. The Kier molecular flexibility index (Phi) is 12.5. The molecule has 2 aromatic rings. The van der Waals surface area contributed by atoms with Gasteiger partial charge >= 0.3 is 6.18 Å². The highest BCUT2D eigenvalue weighted by Crippen LogP contribution is 2.40. The number of likely N-dealkylation sites (tertiary alicyclic amines) is 1. The van der Waals surface area contributed by atoms with Crippen LogP contribution in [0.5, 0.6) is 0 Å². The lowest BCUT2D eigenvalue weighted by atomic mass is 9.86. The van der Waals surface area contributed by atoms with Gasteiger partial charge in [-0.15, -0.1) is 0 Å². The van der Waals surface area contributed by atoms with Gasteiger partial charge in [0.1, 0.15) is 12.1 Å². The molecule has 1 saturated heterocycles. The number of ketones is 1. The molecule has 11 nitrogen and oxygen atoms in total. The summed E-state index contributed by atoms with van der Waals surface area (Å²) in [5, 5.41) is 12.9. The number of hydrogen-bond acceptors (Lipinski definition) is 7. The molecule has 2 aliphatic carbocycles. The van der Waals surface area contributed by atoms with Gasteiger partial charge in [0.25, 0.3) is 5.91 Å². The van der Waals surface area contributed by atoms with Crippen LogP contribution in [-0.2, 0) is 41.4 Å². The maximum atomic E-state index is 14.8. The van der Waals surface area contributed by atoms with E-state index in [9.17, 15) is 37.1 Å². The molecule has 2 heterocycles. The Morgan fingerprint density at radius 2 is 1.73 bits per heavy atom. The lowest BCUT2D eigenvalue weighted by molar-refractivity contribution is -0.144. The van der Waals surface area contributed by atoms with E-state index in [0.717, 1.165) is 51.0 Å². The molecule has 2 aromatic carbocycles. The zero-order valence-corrected chi connectivity index (χ0v) is 31.5. The lowest BCUT2D eigenvalue weighted by Gasteiger charge is -2.30. The van der Waals surface area contributed by atoms with Crippen molar-refractivity contribution in [1.29, 1.82) is 0 Å². The normalized spacial score (nSPS) is 22.4. The monoisotopic (exact) mass is 785 g/mol. The van der Waals surface area contributed by atoms with Gasteiger partial charge in [0.2, 0.25) is 23.5 Å². The molecule has 3 N–H and O–H groups in total. The molecule has 4 aliphatic rings. The first-order chi connectivity index (χ1) is 26.2. The fraction of sp³-hybridized carbons (Fsp3) is 0.550. The van der Waals surface area contributed by atoms with Crippen LogP contribution in [-0.4, -0.2) is 76.3 Å². The third kappa shape index (κ3) is 10.1. The summed E-state index contributed by atoms with van der Waals surface area (Å²) in [4.78, 5) is 75.8. The molecule has 296 valence electrons. The van der Waals surface area contributed by atoms with Crippen molar-refractivity contribution in [3.05, 3.63) is 70.2 Å². The van der Waals surface area contributed by atoms with Crippen molar-refractivity contribution >= 4 is 46.7 Å². The minimum absolute atomic E-state index is 0.0820. The van der Waals surface area contributed by atoms with E-state index in [1.807, 2.05) is 0 Å². The fourth-order valence-corrected chi connectivity index (χ4v) is 8.11. The standard InChI is InChI=1S/C40H47ClF3N5O6/c1-2-9-30(35(51)37(53)45-28-16-17-28)47-36(52)33-22-39(21-32(48-55-39)26-13-8-14-27(41)19-26)23-49(33)38(54)31(46-34(50)18-24-10-4-3-5-11-24)20-25-12-6-7-15-29(25)40(42,43)44/h6-8,12-15,19,24,28,30-31,33H,2-5,9-11,16-18,20-23H2,1H3,(H,45,53)(H,46,50)(H,47,52)/t30-,31-,33-,39+/m0/s1. The van der Waals surface area contributed by atoms with E-state index in [1.54, 1.807) is 31.2 Å². The molecule has 0 radical (unpaired) electrons. The van der Waals surface area contributed by atoms with E-state index in [2.05, 4.69) is 21.1 Å². The van der Waals surface area contributed by atoms with Gasteiger partial charge in [-0.25, -0.2) is 0 Å². The summed E-state index contributed by atoms with van der Waals surface area (Å²) >= 11 is 6.24. The van der Waals surface area contributed by atoms with Gasteiger partial charge in [-0.3, -0.25) is 24.0 Å². The van der Waals surface area contributed by atoms with Crippen LogP contribution in [0, 0.1) is 5.92 Å². The zero-order valence-electron chi connectivity index (χ0n) is 30.8. The van der Waals surface area contributed by atoms with Crippen LogP contribution in [0.25, 0.3) is 0 Å². The number of alkyl halides is 3. The van der Waals surface area contributed by atoms with Crippen molar-refractivity contribution in [2.45, 2.75) is 126 Å². The quantitative estimate of drug-likeness (QED) is 0.211. The largest absolute Gasteiger partial charge is 0.416 e. The number of oxime groups is 1. The topological polar surface area (TPSA) is 146 Å². The molecule has 2 saturated carbocycles. The van der Waals surface area contributed by atoms with E-state index >= 15 is 0 Å².